The third-order valence-electron chi connectivity index (χ3n) is 4.64. The minimum Gasteiger partial charge on any atom is -0.493 e. The molecule has 186 valence electrons. The van der Waals surface area contributed by atoms with Crippen LogP contribution in [0.1, 0.15) is 38.1 Å². The van der Waals surface area contributed by atoms with Gasteiger partial charge in [-0.2, -0.15) is 0 Å². The van der Waals surface area contributed by atoms with Crippen LogP contribution in [0.4, 0.5) is 0 Å². The number of carbonyl (C=O) groups is 5. The zero-order chi connectivity index (χ0) is 25.4. The highest BCUT2D eigenvalue weighted by Gasteiger charge is 2.52. The Labute approximate surface area is 195 Å². The lowest BCUT2D eigenvalue weighted by Crippen LogP contribution is -2.67. The Bertz CT molecular complexity index is 931. The molecule has 0 radical (unpaired) electrons. The number of carbonyl (C=O) groups excluding carboxylic acids is 5. The number of esters is 3. The lowest BCUT2D eigenvalue weighted by molar-refractivity contribution is -0.257. The van der Waals surface area contributed by atoms with Crippen LogP contribution < -0.4 is 14.8 Å². The van der Waals surface area contributed by atoms with Crippen molar-refractivity contribution in [2.45, 2.75) is 58.3 Å². The Balaban J connectivity index is 2.51. The molecule has 0 aromatic heterocycles. The summed E-state index contributed by atoms with van der Waals surface area (Å²) in [6.07, 6.45) is -4.30. The van der Waals surface area contributed by atoms with Crippen LogP contribution in [0.5, 0.6) is 11.5 Å². The van der Waals surface area contributed by atoms with Crippen LogP contribution in [0.15, 0.2) is 18.2 Å². The molecule has 1 heterocycles. The van der Waals surface area contributed by atoms with E-state index in [2.05, 4.69) is 5.32 Å². The Kier molecular flexibility index (Phi) is 9.36. The normalized spacial score (nSPS) is 23.7. The summed E-state index contributed by atoms with van der Waals surface area (Å²) in [5.41, 5.74) is 0.326. The van der Waals surface area contributed by atoms with Crippen LogP contribution in [-0.4, -0.2) is 74.5 Å². The van der Waals surface area contributed by atoms with Crippen molar-refractivity contribution in [3.05, 3.63) is 23.8 Å². The Morgan fingerprint density at radius 1 is 0.971 bits per heavy atom. The maximum atomic E-state index is 12.0. The molecule has 0 spiro atoms. The average Bonchev–Trinajstić information content (AvgIpc) is 2.75. The lowest BCUT2D eigenvalue weighted by atomic mass is 9.96. The van der Waals surface area contributed by atoms with Crippen molar-refractivity contribution in [1.29, 1.82) is 0 Å². The molecular formula is C22H27NO11. The predicted molar refractivity (Wildman–Crippen MR) is 113 cm³/mol. The second-order valence-electron chi connectivity index (χ2n) is 7.37. The van der Waals surface area contributed by atoms with Gasteiger partial charge >= 0.3 is 17.9 Å². The summed E-state index contributed by atoms with van der Waals surface area (Å²) in [5, 5.41) is 2.59. The van der Waals surface area contributed by atoms with Gasteiger partial charge in [0.2, 0.25) is 12.2 Å². The zero-order valence-electron chi connectivity index (χ0n) is 19.4. The first-order chi connectivity index (χ1) is 16.0. The fourth-order valence-electron chi connectivity index (χ4n) is 3.37. The van der Waals surface area contributed by atoms with Gasteiger partial charge in [-0.05, 0) is 18.2 Å². The average molecular weight is 481 g/mol. The van der Waals surface area contributed by atoms with Crippen molar-refractivity contribution in [3.63, 3.8) is 0 Å². The molecule has 1 amide bonds. The molecule has 12 nitrogen and oxygen atoms in total. The van der Waals surface area contributed by atoms with E-state index in [4.69, 9.17) is 28.4 Å². The molecule has 12 heteroatoms. The van der Waals surface area contributed by atoms with E-state index in [0.717, 1.165) is 13.8 Å². The van der Waals surface area contributed by atoms with Gasteiger partial charge in [-0.15, -0.1) is 0 Å². The summed E-state index contributed by atoms with van der Waals surface area (Å²) in [6, 6.07) is 3.22. The molecule has 2 rings (SSSR count). The minimum atomic E-state index is -1.31. The number of hydrogen-bond acceptors (Lipinski definition) is 11. The van der Waals surface area contributed by atoms with Crippen molar-refractivity contribution in [2.24, 2.45) is 0 Å². The molecular weight excluding hydrogens is 454 g/mol. The van der Waals surface area contributed by atoms with Crippen LogP contribution in [0.3, 0.4) is 0 Å². The van der Waals surface area contributed by atoms with Crippen molar-refractivity contribution >= 4 is 30.1 Å². The quantitative estimate of drug-likeness (QED) is 0.299. The molecule has 0 aliphatic carbocycles. The molecule has 5 atom stereocenters. The first-order valence-electron chi connectivity index (χ1n) is 10.3. The highest BCUT2D eigenvalue weighted by Crippen LogP contribution is 2.33. The molecule has 0 bridgehead atoms. The first kappa shape index (κ1) is 26.6. The summed E-state index contributed by atoms with van der Waals surface area (Å²) in [4.78, 5) is 58.1. The second-order valence-corrected chi connectivity index (χ2v) is 7.37. The van der Waals surface area contributed by atoms with Crippen LogP contribution in [0, 0.1) is 0 Å². The van der Waals surface area contributed by atoms with E-state index < -0.39 is 54.5 Å². The molecule has 1 fully saturated rings. The number of aldehydes is 1. The summed E-state index contributed by atoms with van der Waals surface area (Å²) >= 11 is 0. The molecule has 1 N–H and O–H groups in total. The van der Waals surface area contributed by atoms with Crippen LogP contribution in [0.2, 0.25) is 0 Å². The number of ether oxygens (including phenoxy) is 6. The van der Waals surface area contributed by atoms with Gasteiger partial charge in [0.1, 0.15) is 25.0 Å². The largest absolute Gasteiger partial charge is 0.493 e. The van der Waals surface area contributed by atoms with Gasteiger partial charge in [-0.25, -0.2) is 0 Å². The van der Waals surface area contributed by atoms with E-state index in [1.807, 2.05) is 0 Å². The maximum Gasteiger partial charge on any atom is 0.303 e. The Morgan fingerprint density at radius 2 is 1.62 bits per heavy atom. The first-order valence-corrected chi connectivity index (χ1v) is 10.3. The molecule has 34 heavy (non-hydrogen) atoms. The summed E-state index contributed by atoms with van der Waals surface area (Å²) < 4.78 is 32.9. The molecule has 1 aliphatic heterocycles. The van der Waals surface area contributed by atoms with Crippen molar-refractivity contribution in [1.82, 2.24) is 5.32 Å². The number of amides is 1. The van der Waals surface area contributed by atoms with Gasteiger partial charge in [0.25, 0.3) is 0 Å². The fraction of sp³-hybridized carbons (Fsp3) is 0.500. The van der Waals surface area contributed by atoms with Crippen molar-refractivity contribution in [2.75, 3.05) is 13.7 Å². The summed E-state index contributed by atoms with van der Waals surface area (Å²) in [5.74, 6) is -2.24. The van der Waals surface area contributed by atoms with Gasteiger partial charge in [-0.3, -0.25) is 24.0 Å². The standard InChI is InChI=1S/C22H27NO11/c1-11(25)23-19-21(32-14(4)28)20(31-13(3)27)18(10-30-12(2)26)34-22(19)33-16-7-6-15(9-24)8-17(16)29-5/h6-9,18-22H,10H2,1-5H3,(H,23,25)/t18-,19+,20+,21-,22-/m0/s1. The van der Waals surface area contributed by atoms with Gasteiger partial charge in [-0.1, -0.05) is 0 Å². The molecule has 1 aliphatic rings. The lowest BCUT2D eigenvalue weighted by Gasteiger charge is -2.44. The van der Waals surface area contributed by atoms with Gasteiger partial charge in [0, 0.05) is 33.3 Å². The predicted octanol–water partition coefficient (Wildman–Crippen LogP) is 0.543. The Morgan fingerprint density at radius 3 is 2.15 bits per heavy atom. The van der Waals surface area contributed by atoms with Crippen LogP contribution >= 0.6 is 0 Å². The van der Waals surface area contributed by atoms with E-state index in [1.54, 1.807) is 0 Å². The summed E-state index contributed by atoms with van der Waals surface area (Å²) in [7, 11) is 1.37. The van der Waals surface area contributed by atoms with Gasteiger partial charge < -0.3 is 33.7 Å². The van der Waals surface area contributed by atoms with Gasteiger partial charge in [0.15, 0.2) is 23.7 Å². The van der Waals surface area contributed by atoms with Crippen molar-refractivity contribution in [3.8, 4) is 11.5 Å². The third-order valence-corrected chi connectivity index (χ3v) is 4.64. The van der Waals surface area contributed by atoms with Crippen LogP contribution in [-0.2, 0) is 38.1 Å². The van der Waals surface area contributed by atoms with E-state index in [-0.39, 0.29) is 18.1 Å². The molecule has 0 unspecified atom stereocenters. The number of nitrogens with one attached hydrogen (secondary N) is 1. The second kappa shape index (κ2) is 12.0. The highest BCUT2D eigenvalue weighted by atomic mass is 16.7. The number of rotatable bonds is 9. The molecule has 1 aromatic carbocycles. The van der Waals surface area contributed by atoms with Gasteiger partial charge in [0.05, 0.1) is 7.11 Å². The summed E-state index contributed by atoms with van der Waals surface area (Å²) in [6.45, 7) is 4.33. The number of benzene rings is 1. The van der Waals surface area contributed by atoms with E-state index in [1.165, 1.54) is 39.2 Å². The molecule has 1 saturated heterocycles. The third kappa shape index (κ3) is 7.17. The van der Waals surface area contributed by atoms with E-state index in [9.17, 15) is 24.0 Å². The number of methoxy groups -OCH3 is 1. The Hall–Kier alpha value is -3.67. The van der Waals surface area contributed by atoms with Crippen molar-refractivity contribution < 1.29 is 52.4 Å². The minimum absolute atomic E-state index is 0.146. The topological polar surface area (TPSA) is 153 Å². The SMILES string of the molecule is COc1cc(C=O)ccc1O[C@H]1O[C@@H](COC(C)=O)[C@@H](OC(C)=O)[C@@H](OC(C)=O)[C@H]1NC(C)=O. The highest BCUT2D eigenvalue weighted by molar-refractivity contribution is 5.76. The maximum absolute atomic E-state index is 12.0. The molecule has 0 saturated carbocycles. The molecule has 1 aromatic rings. The van der Waals surface area contributed by atoms with Crippen LogP contribution in [0.25, 0.3) is 0 Å². The smallest absolute Gasteiger partial charge is 0.303 e. The monoisotopic (exact) mass is 481 g/mol. The zero-order valence-corrected chi connectivity index (χ0v) is 19.4. The fourth-order valence-corrected chi connectivity index (χ4v) is 3.37. The number of hydrogen-bond donors (Lipinski definition) is 1. The van der Waals surface area contributed by atoms with E-state index in [0.29, 0.717) is 11.8 Å². The van der Waals surface area contributed by atoms with E-state index >= 15 is 0 Å².